The number of para-hydroxylation sites is 1. The number of anilines is 1. The van der Waals surface area contributed by atoms with E-state index in [2.05, 4.69) is 5.32 Å². The fourth-order valence-electron chi connectivity index (χ4n) is 4.32. The summed E-state index contributed by atoms with van der Waals surface area (Å²) in [6.45, 7) is 8.02. The highest BCUT2D eigenvalue weighted by Crippen LogP contribution is 2.43. The van der Waals surface area contributed by atoms with Gasteiger partial charge in [0.15, 0.2) is 0 Å². The van der Waals surface area contributed by atoms with Gasteiger partial charge in [-0.3, -0.25) is 24.1 Å². The van der Waals surface area contributed by atoms with Crippen LogP contribution in [-0.4, -0.2) is 64.8 Å². The molecular weight excluding hydrogens is 384 g/mol. The summed E-state index contributed by atoms with van der Waals surface area (Å²) in [6.07, 6.45) is 0.974. The highest BCUT2D eigenvalue weighted by Gasteiger charge is 2.52. The molecule has 1 fully saturated rings. The molecule has 4 amide bonds. The van der Waals surface area contributed by atoms with Crippen LogP contribution in [-0.2, 0) is 14.4 Å². The number of amides is 4. The Bertz CT molecular complexity index is 868. The fraction of sp³-hybridized carbons (Fsp3) is 0.545. The van der Waals surface area contributed by atoms with E-state index in [1.165, 1.54) is 4.90 Å². The number of rotatable bonds is 7. The molecule has 8 heteroatoms. The van der Waals surface area contributed by atoms with Gasteiger partial charge < -0.3 is 15.1 Å². The average molecular weight is 415 g/mol. The van der Waals surface area contributed by atoms with E-state index in [9.17, 15) is 19.2 Å². The lowest BCUT2D eigenvalue weighted by molar-refractivity contribution is -0.136. The normalized spacial score (nSPS) is 20.3. The maximum atomic E-state index is 13.2. The minimum absolute atomic E-state index is 0.00295. The van der Waals surface area contributed by atoms with E-state index < -0.39 is 5.66 Å². The molecule has 2 aliphatic rings. The number of nitrogens with zero attached hydrogens (tertiary/aromatic N) is 3. The predicted molar refractivity (Wildman–Crippen MR) is 113 cm³/mol. The first kappa shape index (κ1) is 21.8. The third-order valence-electron chi connectivity index (χ3n) is 5.81. The van der Waals surface area contributed by atoms with E-state index in [1.54, 1.807) is 28.0 Å². The zero-order chi connectivity index (χ0) is 22.1. The van der Waals surface area contributed by atoms with Crippen molar-refractivity contribution >= 4 is 29.3 Å². The summed E-state index contributed by atoms with van der Waals surface area (Å²) < 4.78 is 0. The summed E-state index contributed by atoms with van der Waals surface area (Å²) in [5, 5.41) is 2.79. The Kier molecular flexibility index (Phi) is 6.14. The lowest BCUT2D eigenvalue weighted by Gasteiger charge is -2.48. The van der Waals surface area contributed by atoms with Crippen molar-refractivity contribution in [3.63, 3.8) is 0 Å². The standard InChI is InChI=1S/C22H30N4O4/c1-5-24(14-18(27)23-15(2)3)19(28)11-13-25-21(30)16-8-6-7-9-17(16)26-20(29)10-12-22(25,26)4/h6-9,15H,5,10-14H2,1-4H3,(H,23,27). The van der Waals surface area contributed by atoms with Gasteiger partial charge in [-0.15, -0.1) is 0 Å². The highest BCUT2D eigenvalue weighted by atomic mass is 16.2. The largest absolute Gasteiger partial charge is 0.352 e. The number of carbonyl (C=O) groups is 4. The summed E-state index contributed by atoms with van der Waals surface area (Å²) >= 11 is 0. The van der Waals surface area contributed by atoms with Gasteiger partial charge in [0.2, 0.25) is 17.7 Å². The molecule has 30 heavy (non-hydrogen) atoms. The zero-order valence-corrected chi connectivity index (χ0v) is 18.1. The number of hydrogen-bond acceptors (Lipinski definition) is 4. The molecule has 0 bridgehead atoms. The second-order valence-corrected chi connectivity index (χ2v) is 8.30. The maximum Gasteiger partial charge on any atom is 0.257 e. The lowest BCUT2D eigenvalue weighted by atomic mass is 9.98. The van der Waals surface area contributed by atoms with E-state index in [-0.39, 0.29) is 49.2 Å². The van der Waals surface area contributed by atoms with Crippen molar-refractivity contribution in [2.75, 3.05) is 24.5 Å². The van der Waals surface area contributed by atoms with Crippen molar-refractivity contribution in [3.8, 4) is 0 Å². The van der Waals surface area contributed by atoms with E-state index in [1.807, 2.05) is 33.8 Å². The van der Waals surface area contributed by atoms with Crippen LogP contribution in [0.1, 0.15) is 57.3 Å². The van der Waals surface area contributed by atoms with Crippen LogP contribution in [0.3, 0.4) is 0 Å². The first-order valence-electron chi connectivity index (χ1n) is 10.5. The minimum Gasteiger partial charge on any atom is -0.352 e. The quantitative estimate of drug-likeness (QED) is 0.736. The molecule has 0 spiro atoms. The van der Waals surface area contributed by atoms with Gasteiger partial charge >= 0.3 is 0 Å². The summed E-state index contributed by atoms with van der Waals surface area (Å²) in [5.74, 6) is -0.591. The fourth-order valence-corrected chi connectivity index (χ4v) is 4.32. The Balaban J connectivity index is 1.76. The molecule has 2 aliphatic heterocycles. The van der Waals surface area contributed by atoms with Crippen LogP contribution >= 0.6 is 0 Å². The first-order chi connectivity index (χ1) is 14.2. The smallest absolute Gasteiger partial charge is 0.257 e. The van der Waals surface area contributed by atoms with E-state index in [0.29, 0.717) is 30.6 Å². The molecule has 1 aromatic rings. The van der Waals surface area contributed by atoms with Crippen LogP contribution in [0.2, 0.25) is 0 Å². The van der Waals surface area contributed by atoms with Gasteiger partial charge in [0.1, 0.15) is 5.66 Å². The number of carbonyl (C=O) groups excluding carboxylic acids is 4. The van der Waals surface area contributed by atoms with Crippen molar-refractivity contribution < 1.29 is 19.2 Å². The molecule has 8 nitrogen and oxygen atoms in total. The van der Waals surface area contributed by atoms with Gasteiger partial charge in [-0.2, -0.15) is 0 Å². The van der Waals surface area contributed by atoms with Crippen LogP contribution < -0.4 is 10.2 Å². The first-order valence-corrected chi connectivity index (χ1v) is 10.5. The summed E-state index contributed by atoms with van der Waals surface area (Å²) in [4.78, 5) is 55.5. The maximum absolute atomic E-state index is 13.2. The molecule has 3 rings (SSSR count). The number of fused-ring (bicyclic) bond motifs is 3. The minimum atomic E-state index is -0.783. The summed E-state index contributed by atoms with van der Waals surface area (Å²) in [5.41, 5.74) is 0.325. The Labute approximate surface area is 177 Å². The lowest BCUT2D eigenvalue weighted by Crippen LogP contribution is -2.62. The molecule has 0 aromatic heterocycles. The number of benzene rings is 1. The van der Waals surface area contributed by atoms with Crippen LogP contribution in [0.4, 0.5) is 5.69 Å². The Morgan fingerprint density at radius 3 is 2.60 bits per heavy atom. The molecule has 0 radical (unpaired) electrons. The second kappa shape index (κ2) is 8.45. The van der Waals surface area contributed by atoms with Gasteiger partial charge in [0.25, 0.3) is 5.91 Å². The Morgan fingerprint density at radius 2 is 1.93 bits per heavy atom. The Morgan fingerprint density at radius 1 is 1.23 bits per heavy atom. The van der Waals surface area contributed by atoms with Crippen molar-refractivity contribution in [2.45, 2.75) is 58.7 Å². The van der Waals surface area contributed by atoms with E-state index in [4.69, 9.17) is 0 Å². The molecule has 162 valence electrons. The van der Waals surface area contributed by atoms with Gasteiger partial charge in [-0.1, -0.05) is 12.1 Å². The molecule has 1 saturated heterocycles. The molecule has 0 aliphatic carbocycles. The monoisotopic (exact) mass is 414 g/mol. The molecule has 1 aromatic carbocycles. The van der Waals surface area contributed by atoms with Gasteiger partial charge in [0, 0.05) is 32.0 Å². The van der Waals surface area contributed by atoms with Crippen molar-refractivity contribution in [1.82, 2.24) is 15.1 Å². The van der Waals surface area contributed by atoms with Gasteiger partial charge in [-0.05, 0) is 46.2 Å². The van der Waals surface area contributed by atoms with Crippen LogP contribution in [0.25, 0.3) is 0 Å². The van der Waals surface area contributed by atoms with Crippen LogP contribution in [0.15, 0.2) is 24.3 Å². The molecular formula is C22H30N4O4. The molecule has 1 atom stereocenters. The average Bonchev–Trinajstić information content (AvgIpc) is 3.00. The van der Waals surface area contributed by atoms with Crippen molar-refractivity contribution in [2.24, 2.45) is 0 Å². The third kappa shape index (κ3) is 3.91. The van der Waals surface area contributed by atoms with Gasteiger partial charge in [-0.25, -0.2) is 0 Å². The predicted octanol–water partition coefficient (Wildman–Crippen LogP) is 1.75. The number of nitrogens with one attached hydrogen (secondary N) is 1. The molecule has 1 N–H and O–H groups in total. The SMILES string of the molecule is CCN(CC(=O)NC(C)C)C(=O)CCN1C(=O)c2ccccc2N2C(=O)CCC12C. The van der Waals surface area contributed by atoms with Gasteiger partial charge in [0.05, 0.1) is 17.8 Å². The van der Waals surface area contributed by atoms with Crippen molar-refractivity contribution in [3.05, 3.63) is 29.8 Å². The Hall–Kier alpha value is -2.90. The van der Waals surface area contributed by atoms with Crippen molar-refractivity contribution in [1.29, 1.82) is 0 Å². The topological polar surface area (TPSA) is 90.0 Å². The number of hydrogen-bond donors (Lipinski definition) is 1. The highest BCUT2D eigenvalue weighted by molar-refractivity contribution is 6.10. The summed E-state index contributed by atoms with van der Waals surface area (Å²) in [6, 6.07) is 7.10. The van der Waals surface area contributed by atoms with Crippen LogP contribution in [0.5, 0.6) is 0 Å². The van der Waals surface area contributed by atoms with Crippen LogP contribution in [0, 0.1) is 0 Å². The van der Waals surface area contributed by atoms with E-state index >= 15 is 0 Å². The summed E-state index contributed by atoms with van der Waals surface area (Å²) in [7, 11) is 0. The zero-order valence-electron chi connectivity index (χ0n) is 18.1. The van der Waals surface area contributed by atoms with E-state index in [0.717, 1.165) is 0 Å². The molecule has 2 heterocycles. The molecule has 1 unspecified atom stereocenters. The third-order valence-corrected chi connectivity index (χ3v) is 5.81. The number of likely N-dealkylation sites (N-methyl/N-ethyl adjacent to an activating group) is 1. The second-order valence-electron chi connectivity index (χ2n) is 8.30. The molecule has 0 saturated carbocycles.